The third kappa shape index (κ3) is 8.84. The number of hydrogen-bond donors (Lipinski definition) is 2. The molecule has 0 aromatic carbocycles. The summed E-state index contributed by atoms with van der Waals surface area (Å²) in [6.07, 6.45) is 0.236. The number of carbonyl (C=O) groups is 1. The van der Waals surface area contributed by atoms with E-state index in [1.54, 1.807) is 13.8 Å². The minimum atomic E-state index is -3.08. The Balaban J connectivity index is 0.00000676. The van der Waals surface area contributed by atoms with E-state index in [1.165, 1.54) is 0 Å². The molecular formula is C17H35IN4O4S. The Labute approximate surface area is 180 Å². The maximum Gasteiger partial charge on any atom is 0.407 e. The highest BCUT2D eigenvalue weighted by atomic mass is 127. The van der Waals surface area contributed by atoms with E-state index in [0.29, 0.717) is 45.1 Å². The van der Waals surface area contributed by atoms with Crippen LogP contribution in [-0.4, -0.2) is 74.2 Å². The number of nitrogens with zero attached hydrogens (tertiary/aromatic N) is 2. The van der Waals surface area contributed by atoms with Gasteiger partial charge in [0.1, 0.15) is 5.60 Å². The lowest BCUT2D eigenvalue weighted by molar-refractivity contribution is 0.0527. The van der Waals surface area contributed by atoms with Crippen LogP contribution in [0.1, 0.15) is 48.0 Å². The Morgan fingerprint density at radius 2 is 1.89 bits per heavy atom. The highest BCUT2D eigenvalue weighted by Crippen LogP contribution is 2.23. The van der Waals surface area contributed by atoms with Gasteiger partial charge in [-0.1, -0.05) is 0 Å². The van der Waals surface area contributed by atoms with Gasteiger partial charge in [-0.15, -0.1) is 24.0 Å². The summed E-state index contributed by atoms with van der Waals surface area (Å²) in [6, 6.07) is 0. The number of hydrogen-bond acceptors (Lipinski definition) is 5. The average Bonchev–Trinajstić information content (AvgIpc) is 2.47. The third-order valence-corrected chi connectivity index (χ3v) is 6.48. The molecule has 1 aliphatic heterocycles. The lowest BCUT2D eigenvalue weighted by Gasteiger charge is -2.39. The quantitative estimate of drug-likeness (QED) is 0.250. The molecule has 1 aliphatic rings. The summed E-state index contributed by atoms with van der Waals surface area (Å²) < 4.78 is 28.7. The van der Waals surface area contributed by atoms with Gasteiger partial charge in [-0.05, 0) is 48.0 Å². The number of alkyl carbamates (subject to hydrolysis) is 1. The molecule has 8 nitrogen and oxygen atoms in total. The molecular weight excluding hydrogens is 483 g/mol. The number of nitrogens with one attached hydrogen (secondary N) is 2. The summed E-state index contributed by atoms with van der Waals surface area (Å²) in [5.41, 5.74) is -0.512. The molecule has 1 amide bonds. The molecule has 0 aliphatic carbocycles. The molecule has 160 valence electrons. The van der Waals surface area contributed by atoms with Crippen LogP contribution in [0.4, 0.5) is 4.79 Å². The van der Waals surface area contributed by atoms with Crippen molar-refractivity contribution < 1.29 is 17.9 Å². The zero-order valence-corrected chi connectivity index (χ0v) is 20.4. The second-order valence-corrected chi connectivity index (χ2v) is 10.8. The Kier molecular flexibility index (Phi) is 10.4. The predicted molar refractivity (Wildman–Crippen MR) is 120 cm³/mol. The average molecular weight is 518 g/mol. The second-order valence-electron chi connectivity index (χ2n) is 8.02. The normalized spacial score (nSPS) is 19.0. The molecule has 0 atom stereocenters. The third-order valence-electron chi connectivity index (χ3n) is 3.94. The maximum atomic E-state index is 12.2. The highest BCUT2D eigenvalue weighted by Gasteiger charge is 2.40. The first kappa shape index (κ1) is 26.2. The fourth-order valence-corrected chi connectivity index (χ4v) is 3.88. The van der Waals surface area contributed by atoms with Crippen molar-refractivity contribution in [1.29, 1.82) is 0 Å². The topological polar surface area (TPSA) is 100 Å². The lowest BCUT2D eigenvalue weighted by atomic mass is 10.2. The van der Waals surface area contributed by atoms with Gasteiger partial charge in [-0.3, -0.25) is 4.99 Å². The summed E-state index contributed by atoms with van der Waals surface area (Å²) in [5, 5.41) is 5.92. The van der Waals surface area contributed by atoms with Gasteiger partial charge in [0.05, 0.1) is 10.5 Å². The van der Waals surface area contributed by atoms with E-state index < -0.39 is 26.3 Å². The van der Waals surface area contributed by atoms with Crippen LogP contribution in [0.3, 0.4) is 0 Å². The van der Waals surface area contributed by atoms with Crippen LogP contribution in [-0.2, 0) is 14.6 Å². The van der Waals surface area contributed by atoms with E-state index >= 15 is 0 Å². The molecule has 2 N–H and O–H groups in total. The van der Waals surface area contributed by atoms with Gasteiger partial charge in [-0.2, -0.15) is 0 Å². The van der Waals surface area contributed by atoms with E-state index in [0.717, 1.165) is 0 Å². The molecule has 27 heavy (non-hydrogen) atoms. The van der Waals surface area contributed by atoms with Crippen LogP contribution in [0.25, 0.3) is 0 Å². The molecule has 1 saturated heterocycles. The Morgan fingerprint density at radius 1 is 1.26 bits per heavy atom. The van der Waals surface area contributed by atoms with E-state index in [-0.39, 0.29) is 29.7 Å². The number of carbonyl (C=O) groups excluding carboxylic acids is 1. The number of guanidine groups is 1. The number of sulfone groups is 1. The minimum Gasteiger partial charge on any atom is -0.444 e. The first-order valence-electron chi connectivity index (χ1n) is 9.10. The zero-order valence-electron chi connectivity index (χ0n) is 17.3. The summed E-state index contributed by atoms with van der Waals surface area (Å²) >= 11 is 0. The molecule has 1 heterocycles. The first-order valence-corrected chi connectivity index (χ1v) is 10.8. The molecule has 1 rings (SSSR count). The van der Waals surface area contributed by atoms with Crippen molar-refractivity contribution >= 4 is 45.9 Å². The van der Waals surface area contributed by atoms with Crippen LogP contribution in [0.15, 0.2) is 4.99 Å². The van der Waals surface area contributed by atoms with Crippen molar-refractivity contribution in [3.8, 4) is 0 Å². The second kappa shape index (κ2) is 10.7. The minimum absolute atomic E-state index is 0. The van der Waals surface area contributed by atoms with Gasteiger partial charge in [-0.25, -0.2) is 13.2 Å². The summed E-state index contributed by atoms with van der Waals surface area (Å²) in [5.74, 6) is 0.845. The summed E-state index contributed by atoms with van der Waals surface area (Å²) in [7, 11) is -3.08. The fourth-order valence-electron chi connectivity index (χ4n) is 2.52. The van der Waals surface area contributed by atoms with Gasteiger partial charge in [0.2, 0.25) is 0 Å². The Bertz CT molecular complexity index is 615. The van der Waals surface area contributed by atoms with Crippen molar-refractivity contribution in [2.24, 2.45) is 4.99 Å². The number of aliphatic imine (C=N–C) groups is 1. The molecule has 0 saturated carbocycles. The largest absolute Gasteiger partial charge is 0.444 e. The predicted octanol–water partition coefficient (Wildman–Crippen LogP) is 1.99. The maximum absolute atomic E-state index is 12.2. The number of halogens is 1. The van der Waals surface area contributed by atoms with Crippen LogP contribution in [0.2, 0.25) is 0 Å². The molecule has 0 aromatic heterocycles. The monoisotopic (exact) mass is 518 g/mol. The molecule has 10 heteroatoms. The van der Waals surface area contributed by atoms with Gasteiger partial charge in [0.25, 0.3) is 0 Å². The Hall–Kier alpha value is -0.780. The van der Waals surface area contributed by atoms with Crippen LogP contribution in [0, 0.1) is 0 Å². The Morgan fingerprint density at radius 3 is 2.41 bits per heavy atom. The van der Waals surface area contributed by atoms with Crippen molar-refractivity contribution in [3.05, 3.63) is 0 Å². The van der Waals surface area contributed by atoms with Gasteiger partial charge < -0.3 is 20.3 Å². The summed E-state index contributed by atoms with van der Waals surface area (Å²) in [4.78, 5) is 18.1. The molecule has 0 bridgehead atoms. The lowest BCUT2D eigenvalue weighted by Crippen LogP contribution is -2.57. The van der Waals surface area contributed by atoms with E-state index in [1.807, 2.05) is 32.6 Å². The molecule has 0 spiro atoms. The van der Waals surface area contributed by atoms with Crippen molar-refractivity contribution in [2.45, 2.75) is 58.3 Å². The first-order chi connectivity index (χ1) is 11.9. The SMILES string of the molecule is CCNC(=NCCCNC(=O)OC(C)(C)C)N1CCS(=O)(=O)C(C)(C)C1.I. The molecule has 1 fully saturated rings. The summed E-state index contributed by atoms with van der Waals surface area (Å²) in [6.45, 7) is 13.5. The molecule has 0 aromatic rings. The smallest absolute Gasteiger partial charge is 0.407 e. The van der Waals surface area contributed by atoms with Crippen molar-refractivity contribution in [3.63, 3.8) is 0 Å². The van der Waals surface area contributed by atoms with E-state index in [4.69, 9.17) is 4.74 Å². The van der Waals surface area contributed by atoms with E-state index in [9.17, 15) is 13.2 Å². The van der Waals surface area contributed by atoms with Gasteiger partial charge in [0.15, 0.2) is 15.8 Å². The van der Waals surface area contributed by atoms with Crippen molar-refractivity contribution in [1.82, 2.24) is 15.5 Å². The highest BCUT2D eigenvalue weighted by molar-refractivity contribution is 14.0. The van der Waals surface area contributed by atoms with Gasteiger partial charge >= 0.3 is 6.09 Å². The zero-order chi connectivity index (χ0) is 20.0. The number of rotatable bonds is 5. The molecule has 0 radical (unpaired) electrons. The number of ether oxygens (including phenoxy) is 1. The number of amides is 1. The standard InChI is InChI=1S/C17H34N4O4S.HI/c1-7-18-14(21-11-12-26(23,24)17(5,6)13-21)19-9-8-10-20-15(22)25-16(2,3)4;/h7-13H2,1-6H3,(H,18,19)(H,20,22);1H. The fraction of sp³-hybridized carbons (Fsp3) is 0.882. The van der Waals surface area contributed by atoms with Crippen molar-refractivity contribution in [2.75, 3.05) is 38.5 Å². The van der Waals surface area contributed by atoms with Crippen LogP contribution < -0.4 is 10.6 Å². The molecule has 0 unspecified atom stereocenters. The van der Waals surface area contributed by atoms with Crippen LogP contribution in [0.5, 0.6) is 0 Å². The van der Waals surface area contributed by atoms with Crippen LogP contribution >= 0.6 is 24.0 Å². The van der Waals surface area contributed by atoms with E-state index in [2.05, 4.69) is 15.6 Å². The van der Waals surface area contributed by atoms with Gasteiger partial charge in [0, 0.05) is 32.7 Å².